The highest BCUT2D eigenvalue weighted by Gasteiger charge is 2.19. The van der Waals surface area contributed by atoms with E-state index in [0.29, 0.717) is 5.69 Å². The first-order chi connectivity index (χ1) is 15.5. The number of rotatable bonds is 4. The number of imidazole rings is 1. The minimum absolute atomic E-state index is 0.100. The van der Waals surface area contributed by atoms with E-state index in [2.05, 4.69) is 42.3 Å². The Kier molecular flexibility index (Phi) is 4.94. The fourth-order valence-corrected chi connectivity index (χ4v) is 4.09. The lowest BCUT2D eigenvalue weighted by Crippen LogP contribution is -2.16. The highest BCUT2D eigenvalue weighted by atomic mass is 16.1. The molecule has 1 N–H and O–H groups in total. The minimum Gasteiger partial charge on any atom is -0.324 e. The number of para-hydroxylation sites is 1. The number of carbonyl (C=O) groups excluding carboxylic acids is 1. The van der Waals surface area contributed by atoms with Crippen molar-refractivity contribution in [3.8, 4) is 11.3 Å². The number of pyridine rings is 2. The van der Waals surface area contributed by atoms with Crippen LogP contribution in [0.5, 0.6) is 0 Å². The Labute approximate surface area is 186 Å². The van der Waals surface area contributed by atoms with E-state index < -0.39 is 0 Å². The van der Waals surface area contributed by atoms with E-state index in [1.165, 1.54) is 11.1 Å². The fourth-order valence-electron chi connectivity index (χ4n) is 4.09. The molecule has 0 spiro atoms. The van der Waals surface area contributed by atoms with Crippen LogP contribution in [-0.2, 0) is 11.2 Å². The summed E-state index contributed by atoms with van der Waals surface area (Å²) in [6, 6.07) is 20.0. The van der Waals surface area contributed by atoms with Gasteiger partial charge in [-0.3, -0.25) is 9.78 Å². The molecule has 0 saturated heterocycles. The van der Waals surface area contributed by atoms with E-state index in [9.17, 15) is 4.79 Å². The SMILES string of the molecule is Cc1ccc(-c2nc3c(C)cccn3c2CC(=O)Nc2cccc3cccnc23)cc1C. The number of nitrogens with one attached hydrogen (secondary N) is 1. The van der Waals surface area contributed by atoms with Crippen LogP contribution in [0.2, 0.25) is 0 Å². The Bertz CT molecular complexity index is 1480. The third-order valence-corrected chi connectivity index (χ3v) is 5.96. The Morgan fingerprint density at radius 3 is 2.62 bits per heavy atom. The summed E-state index contributed by atoms with van der Waals surface area (Å²) in [4.78, 5) is 22.6. The van der Waals surface area contributed by atoms with Crippen LogP contribution < -0.4 is 5.32 Å². The molecule has 2 aromatic carbocycles. The lowest BCUT2D eigenvalue weighted by Gasteiger charge is -2.10. The van der Waals surface area contributed by atoms with Gasteiger partial charge in [0.15, 0.2) is 0 Å². The second kappa shape index (κ2) is 7.93. The molecule has 3 aromatic heterocycles. The van der Waals surface area contributed by atoms with Crippen LogP contribution in [0.4, 0.5) is 5.69 Å². The van der Waals surface area contributed by atoms with Crippen molar-refractivity contribution in [2.75, 3.05) is 5.32 Å². The molecule has 0 atom stereocenters. The summed E-state index contributed by atoms with van der Waals surface area (Å²) in [5, 5.41) is 4.05. The van der Waals surface area contributed by atoms with E-state index >= 15 is 0 Å². The van der Waals surface area contributed by atoms with E-state index in [4.69, 9.17) is 4.98 Å². The number of aromatic nitrogens is 3. The van der Waals surface area contributed by atoms with Gasteiger partial charge in [-0.15, -0.1) is 0 Å². The van der Waals surface area contributed by atoms with Crippen molar-refractivity contribution in [3.63, 3.8) is 0 Å². The smallest absolute Gasteiger partial charge is 0.230 e. The predicted octanol–water partition coefficient (Wildman–Crippen LogP) is 5.66. The number of hydrogen-bond acceptors (Lipinski definition) is 3. The van der Waals surface area contributed by atoms with Crippen LogP contribution >= 0.6 is 0 Å². The van der Waals surface area contributed by atoms with Crippen molar-refractivity contribution >= 4 is 28.1 Å². The summed E-state index contributed by atoms with van der Waals surface area (Å²) in [6.07, 6.45) is 3.92. The third-order valence-electron chi connectivity index (χ3n) is 5.96. The monoisotopic (exact) mass is 420 g/mol. The van der Waals surface area contributed by atoms with Crippen molar-refractivity contribution in [2.45, 2.75) is 27.2 Å². The first-order valence-electron chi connectivity index (χ1n) is 10.7. The zero-order valence-corrected chi connectivity index (χ0v) is 18.4. The van der Waals surface area contributed by atoms with Gasteiger partial charge < -0.3 is 9.72 Å². The molecular weight excluding hydrogens is 396 g/mol. The van der Waals surface area contributed by atoms with Crippen LogP contribution in [0.3, 0.4) is 0 Å². The molecule has 5 rings (SSSR count). The number of anilines is 1. The predicted molar refractivity (Wildman–Crippen MR) is 129 cm³/mol. The molecule has 1 amide bonds. The molecular formula is C27H24N4O. The largest absolute Gasteiger partial charge is 0.324 e. The molecule has 0 bridgehead atoms. The van der Waals surface area contributed by atoms with Crippen LogP contribution in [0.25, 0.3) is 27.8 Å². The molecule has 0 aliphatic rings. The molecule has 0 radical (unpaired) electrons. The maximum atomic E-state index is 13.2. The van der Waals surface area contributed by atoms with Gasteiger partial charge in [0.1, 0.15) is 5.65 Å². The van der Waals surface area contributed by atoms with Gasteiger partial charge in [-0.05, 0) is 61.7 Å². The number of carbonyl (C=O) groups is 1. The molecule has 0 aliphatic carbocycles. The topological polar surface area (TPSA) is 59.3 Å². The molecule has 5 nitrogen and oxygen atoms in total. The van der Waals surface area contributed by atoms with Gasteiger partial charge in [-0.1, -0.05) is 36.4 Å². The van der Waals surface area contributed by atoms with Gasteiger partial charge in [-0.2, -0.15) is 0 Å². The zero-order valence-electron chi connectivity index (χ0n) is 18.4. The van der Waals surface area contributed by atoms with Gasteiger partial charge in [0.2, 0.25) is 5.91 Å². The molecule has 0 saturated carbocycles. The summed E-state index contributed by atoms with van der Waals surface area (Å²) in [5.74, 6) is -0.100. The number of aryl methyl sites for hydroxylation is 3. The van der Waals surface area contributed by atoms with Crippen molar-refractivity contribution in [1.82, 2.24) is 14.4 Å². The Morgan fingerprint density at radius 1 is 0.938 bits per heavy atom. The summed E-state index contributed by atoms with van der Waals surface area (Å²) >= 11 is 0. The molecule has 5 heteroatoms. The van der Waals surface area contributed by atoms with Crippen molar-refractivity contribution in [1.29, 1.82) is 0 Å². The van der Waals surface area contributed by atoms with Gasteiger partial charge in [0, 0.05) is 23.3 Å². The molecule has 5 aromatic rings. The zero-order chi connectivity index (χ0) is 22.2. The maximum Gasteiger partial charge on any atom is 0.230 e. The Balaban J connectivity index is 1.56. The van der Waals surface area contributed by atoms with Gasteiger partial charge in [0.05, 0.1) is 29.0 Å². The first-order valence-corrected chi connectivity index (χ1v) is 10.7. The van der Waals surface area contributed by atoms with Crippen LogP contribution in [0, 0.1) is 20.8 Å². The average molecular weight is 421 g/mol. The Hall–Kier alpha value is -3.99. The lowest BCUT2D eigenvalue weighted by atomic mass is 10.0. The van der Waals surface area contributed by atoms with E-state index in [1.807, 2.05) is 60.0 Å². The van der Waals surface area contributed by atoms with Crippen LogP contribution in [-0.4, -0.2) is 20.3 Å². The van der Waals surface area contributed by atoms with Crippen molar-refractivity contribution in [2.24, 2.45) is 0 Å². The average Bonchev–Trinajstić information content (AvgIpc) is 3.15. The van der Waals surface area contributed by atoms with E-state index in [1.54, 1.807) is 6.20 Å². The second-order valence-corrected chi connectivity index (χ2v) is 8.20. The van der Waals surface area contributed by atoms with E-state index in [0.717, 1.165) is 39.1 Å². The van der Waals surface area contributed by atoms with Crippen LogP contribution in [0.1, 0.15) is 22.4 Å². The summed E-state index contributed by atoms with van der Waals surface area (Å²) in [7, 11) is 0. The second-order valence-electron chi connectivity index (χ2n) is 8.20. The van der Waals surface area contributed by atoms with Gasteiger partial charge in [0.25, 0.3) is 0 Å². The quantitative estimate of drug-likeness (QED) is 0.408. The minimum atomic E-state index is -0.100. The van der Waals surface area contributed by atoms with E-state index in [-0.39, 0.29) is 12.3 Å². The Morgan fingerprint density at radius 2 is 1.78 bits per heavy atom. The molecule has 0 unspecified atom stereocenters. The van der Waals surface area contributed by atoms with Crippen molar-refractivity contribution < 1.29 is 4.79 Å². The maximum absolute atomic E-state index is 13.2. The van der Waals surface area contributed by atoms with Crippen molar-refractivity contribution in [3.05, 3.63) is 95.4 Å². The molecule has 158 valence electrons. The molecule has 0 aliphatic heterocycles. The molecule has 3 heterocycles. The third kappa shape index (κ3) is 3.52. The highest BCUT2D eigenvalue weighted by Crippen LogP contribution is 2.28. The lowest BCUT2D eigenvalue weighted by molar-refractivity contribution is -0.115. The van der Waals surface area contributed by atoms with Gasteiger partial charge in [-0.25, -0.2) is 4.98 Å². The number of benzene rings is 2. The summed E-state index contributed by atoms with van der Waals surface area (Å²) in [5.41, 5.74) is 8.61. The highest BCUT2D eigenvalue weighted by molar-refractivity contribution is 6.01. The number of amides is 1. The standard InChI is InChI=1S/C27H24N4O/c1-17-11-12-21(15-19(17)3)26-23(31-14-6-7-18(2)27(31)30-26)16-24(32)29-22-10-4-8-20-9-5-13-28-25(20)22/h4-15H,16H2,1-3H3,(H,29,32). The fraction of sp³-hybridized carbons (Fsp3) is 0.148. The van der Waals surface area contributed by atoms with Gasteiger partial charge >= 0.3 is 0 Å². The summed E-state index contributed by atoms with van der Waals surface area (Å²) in [6.45, 7) is 6.23. The number of hydrogen-bond donors (Lipinski definition) is 1. The normalized spacial score (nSPS) is 11.2. The first kappa shape index (κ1) is 19.9. The number of nitrogens with zero attached hydrogens (tertiary/aromatic N) is 3. The molecule has 0 fully saturated rings. The summed E-state index contributed by atoms with van der Waals surface area (Å²) < 4.78 is 2.03. The molecule has 32 heavy (non-hydrogen) atoms. The van der Waals surface area contributed by atoms with Crippen LogP contribution in [0.15, 0.2) is 73.1 Å². The number of fused-ring (bicyclic) bond motifs is 2.